The Kier molecular flexibility index (Phi) is 3.39. The van der Waals surface area contributed by atoms with Crippen LogP contribution in [0.25, 0.3) is 0 Å². The topological polar surface area (TPSA) is 42.4 Å². The minimum atomic E-state index is -2.95. The van der Waals surface area contributed by atoms with Gasteiger partial charge in [-0.05, 0) is 11.6 Å². The second kappa shape index (κ2) is 4.34. The molecule has 0 radical (unpaired) electrons. The fourth-order valence-corrected chi connectivity index (χ4v) is 0.881. The maximum atomic E-state index is 11.8. The summed E-state index contributed by atoms with van der Waals surface area (Å²) in [5.41, 5.74) is 0.361. The molecular formula is C7H6ClF2NO2. The summed E-state index contributed by atoms with van der Waals surface area (Å²) in [6, 6.07) is 1.21. The Balaban J connectivity index is 2.90. The smallest absolute Gasteiger partial charge is 0.387 e. The van der Waals surface area contributed by atoms with E-state index in [0.717, 1.165) is 0 Å². The van der Waals surface area contributed by atoms with Crippen LogP contribution < -0.4 is 4.74 Å². The minimum Gasteiger partial charge on any atom is -0.432 e. The summed E-state index contributed by atoms with van der Waals surface area (Å²) in [6.45, 7) is -3.25. The van der Waals surface area contributed by atoms with E-state index in [0.29, 0.717) is 5.56 Å². The number of nitrogens with zero attached hydrogens (tertiary/aromatic N) is 1. The number of hydrogen-bond donors (Lipinski definition) is 1. The number of pyridine rings is 1. The van der Waals surface area contributed by atoms with Gasteiger partial charge in [0.25, 0.3) is 0 Å². The monoisotopic (exact) mass is 209 g/mol. The van der Waals surface area contributed by atoms with Crippen LogP contribution in [-0.2, 0) is 6.61 Å². The first kappa shape index (κ1) is 10.1. The zero-order valence-corrected chi connectivity index (χ0v) is 7.13. The Morgan fingerprint density at radius 2 is 2.31 bits per heavy atom. The van der Waals surface area contributed by atoms with Crippen molar-refractivity contribution in [2.45, 2.75) is 13.2 Å². The Morgan fingerprint density at radius 3 is 2.85 bits per heavy atom. The van der Waals surface area contributed by atoms with Gasteiger partial charge in [0, 0.05) is 6.20 Å². The Labute approximate surface area is 77.9 Å². The number of halogens is 3. The van der Waals surface area contributed by atoms with Crippen LogP contribution in [0.2, 0.25) is 5.15 Å². The van der Waals surface area contributed by atoms with Crippen LogP contribution in [0.15, 0.2) is 12.3 Å². The Hall–Kier alpha value is -0.940. The maximum Gasteiger partial charge on any atom is 0.387 e. The Morgan fingerprint density at radius 1 is 1.62 bits per heavy atom. The number of alkyl halides is 2. The van der Waals surface area contributed by atoms with Crippen molar-refractivity contribution < 1.29 is 18.6 Å². The second-order valence-corrected chi connectivity index (χ2v) is 2.53. The molecule has 0 atom stereocenters. The summed E-state index contributed by atoms with van der Waals surface area (Å²) in [5.74, 6) is -0.233. The first-order valence-corrected chi connectivity index (χ1v) is 3.71. The van der Waals surface area contributed by atoms with E-state index in [4.69, 9.17) is 16.7 Å². The summed E-state index contributed by atoms with van der Waals surface area (Å²) < 4.78 is 27.6. The predicted octanol–water partition coefficient (Wildman–Crippen LogP) is 1.83. The molecule has 0 amide bonds. The summed E-state index contributed by atoms with van der Waals surface area (Å²) >= 11 is 5.45. The van der Waals surface area contributed by atoms with Gasteiger partial charge < -0.3 is 9.84 Å². The van der Waals surface area contributed by atoms with Crippen molar-refractivity contribution in [1.29, 1.82) is 0 Å². The van der Waals surface area contributed by atoms with Crippen LogP contribution in [0.5, 0.6) is 5.75 Å². The van der Waals surface area contributed by atoms with Gasteiger partial charge in [-0.3, -0.25) is 0 Å². The minimum absolute atomic E-state index is 0.155. The molecule has 72 valence electrons. The number of aliphatic hydroxyl groups excluding tert-OH is 1. The van der Waals surface area contributed by atoms with Crippen LogP contribution >= 0.6 is 11.6 Å². The van der Waals surface area contributed by atoms with E-state index < -0.39 is 6.61 Å². The fraction of sp³-hybridized carbons (Fsp3) is 0.286. The summed E-state index contributed by atoms with van der Waals surface area (Å²) in [7, 11) is 0. The second-order valence-electron chi connectivity index (χ2n) is 2.17. The van der Waals surface area contributed by atoms with Crippen LogP contribution in [0.1, 0.15) is 5.56 Å². The average Bonchev–Trinajstić information content (AvgIpc) is 2.08. The molecule has 0 bridgehead atoms. The highest BCUT2D eigenvalue weighted by molar-refractivity contribution is 6.30. The number of rotatable bonds is 3. The van der Waals surface area contributed by atoms with Crippen molar-refractivity contribution >= 4 is 11.6 Å². The number of hydrogen-bond acceptors (Lipinski definition) is 3. The predicted molar refractivity (Wildman–Crippen MR) is 41.8 cm³/mol. The molecular weight excluding hydrogens is 204 g/mol. The molecule has 1 rings (SSSR count). The van der Waals surface area contributed by atoms with E-state index in [-0.39, 0.29) is 17.5 Å². The van der Waals surface area contributed by atoms with Crippen molar-refractivity contribution in [3.05, 3.63) is 23.0 Å². The summed E-state index contributed by atoms with van der Waals surface area (Å²) in [6.07, 6.45) is 1.28. The van der Waals surface area contributed by atoms with Gasteiger partial charge in [0.2, 0.25) is 0 Å². The number of aliphatic hydroxyl groups is 1. The van der Waals surface area contributed by atoms with E-state index in [2.05, 4.69) is 9.72 Å². The highest BCUT2D eigenvalue weighted by atomic mass is 35.5. The normalized spacial score (nSPS) is 10.5. The molecule has 1 aromatic rings. The molecule has 0 saturated heterocycles. The highest BCUT2D eigenvalue weighted by Gasteiger charge is 2.09. The zero-order valence-electron chi connectivity index (χ0n) is 6.38. The van der Waals surface area contributed by atoms with Gasteiger partial charge in [-0.1, -0.05) is 11.6 Å². The molecule has 0 aromatic carbocycles. The SMILES string of the molecule is OCc1cnc(Cl)c(OC(F)F)c1. The molecule has 0 aliphatic carbocycles. The molecule has 0 unspecified atom stereocenters. The molecule has 1 N–H and O–H groups in total. The van der Waals surface area contributed by atoms with Gasteiger partial charge in [-0.25, -0.2) is 4.98 Å². The lowest BCUT2D eigenvalue weighted by atomic mass is 10.3. The molecule has 0 aliphatic rings. The third-order valence-corrected chi connectivity index (χ3v) is 1.55. The van der Waals surface area contributed by atoms with Crippen molar-refractivity contribution in [3.63, 3.8) is 0 Å². The molecule has 6 heteroatoms. The van der Waals surface area contributed by atoms with E-state index >= 15 is 0 Å². The Bertz CT molecular complexity index is 296. The lowest BCUT2D eigenvalue weighted by molar-refractivity contribution is -0.0501. The average molecular weight is 210 g/mol. The third-order valence-electron chi connectivity index (χ3n) is 1.26. The van der Waals surface area contributed by atoms with Gasteiger partial charge >= 0.3 is 6.61 Å². The largest absolute Gasteiger partial charge is 0.432 e. The molecule has 3 nitrogen and oxygen atoms in total. The molecule has 0 spiro atoms. The molecule has 0 fully saturated rings. The molecule has 0 aliphatic heterocycles. The number of ether oxygens (including phenoxy) is 1. The molecule has 13 heavy (non-hydrogen) atoms. The van der Waals surface area contributed by atoms with Gasteiger partial charge in [0.1, 0.15) is 0 Å². The third kappa shape index (κ3) is 2.78. The van der Waals surface area contributed by atoms with E-state index in [1.54, 1.807) is 0 Å². The van der Waals surface area contributed by atoms with Crippen LogP contribution in [-0.4, -0.2) is 16.7 Å². The lowest BCUT2D eigenvalue weighted by Crippen LogP contribution is -2.03. The number of aromatic nitrogens is 1. The van der Waals surface area contributed by atoms with Gasteiger partial charge in [-0.2, -0.15) is 8.78 Å². The van der Waals surface area contributed by atoms with Gasteiger partial charge in [0.15, 0.2) is 10.9 Å². The van der Waals surface area contributed by atoms with Gasteiger partial charge in [-0.15, -0.1) is 0 Å². The van der Waals surface area contributed by atoms with Crippen LogP contribution in [0.3, 0.4) is 0 Å². The van der Waals surface area contributed by atoms with Crippen molar-refractivity contribution in [3.8, 4) is 5.75 Å². The van der Waals surface area contributed by atoms with Crippen LogP contribution in [0, 0.1) is 0 Å². The first-order chi connectivity index (χ1) is 6.13. The van der Waals surface area contributed by atoms with Crippen molar-refractivity contribution in [2.24, 2.45) is 0 Å². The zero-order chi connectivity index (χ0) is 9.84. The van der Waals surface area contributed by atoms with Gasteiger partial charge in [0.05, 0.1) is 6.61 Å². The first-order valence-electron chi connectivity index (χ1n) is 3.33. The van der Waals surface area contributed by atoms with E-state index in [1.165, 1.54) is 12.3 Å². The fourth-order valence-electron chi connectivity index (χ4n) is 0.733. The van der Waals surface area contributed by atoms with E-state index in [9.17, 15) is 8.78 Å². The molecule has 1 aromatic heterocycles. The standard InChI is InChI=1S/C7H6ClF2NO2/c8-6-5(13-7(9)10)1-4(3-12)2-11-6/h1-2,7,12H,3H2. The quantitative estimate of drug-likeness (QED) is 0.773. The summed E-state index contributed by atoms with van der Waals surface area (Å²) in [5, 5.41) is 8.51. The van der Waals surface area contributed by atoms with E-state index in [1.807, 2.05) is 0 Å². The van der Waals surface area contributed by atoms with Crippen molar-refractivity contribution in [2.75, 3.05) is 0 Å². The maximum absolute atomic E-state index is 11.8. The highest BCUT2D eigenvalue weighted by Crippen LogP contribution is 2.24. The molecule has 0 saturated carbocycles. The molecule has 1 heterocycles. The van der Waals surface area contributed by atoms with Crippen LogP contribution in [0.4, 0.5) is 8.78 Å². The van der Waals surface area contributed by atoms with Crippen molar-refractivity contribution in [1.82, 2.24) is 4.98 Å². The lowest BCUT2D eigenvalue weighted by Gasteiger charge is -2.06. The summed E-state index contributed by atoms with van der Waals surface area (Å²) in [4.78, 5) is 3.55.